The van der Waals surface area contributed by atoms with Crippen molar-refractivity contribution in [2.24, 2.45) is 5.92 Å². The second kappa shape index (κ2) is 11.1. The maximum atomic E-state index is 12.5. The highest BCUT2D eigenvalue weighted by molar-refractivity contribution is 6.39. The first-order chi connectivity index (χ1) is 16.2. The Morgan fingerprint density at radius 1 is 1.18 bits per heavy atom. The summed E-state index contributed by atoms with van der Waals surface area (Å²) in [6, 6.07) is 4.95. The summed E-state index contributed by atoms with van der Waals surface area (Å²) in [6.07, 6.45) is 6.05. The summed E-state index contributed by atoms with van der Waals surface area (Å²) < 4.78 is 16.5. The summed E-state index contributed by atoms with van der Waals surface area (Å²) >= 11 is 0. The highest BCUT2D eigenvalue weighted by atomic mass is 16.5. The normalized spacial score (nSPS) is 18.2. The van der Waals surface area contributed by atoms with Crippen molar-refractivity contribution in [2.75, 3.05) is 19.0 Å². The lowest BCUT2D eigenvalue weighted by Gasteiger charge is -2.29. The molecule has 1 aliphatic rings. The summed E-state index contributed by atoms with van der Waals surface area (Å²) in [6.45, 7) is 4.04. The molecule has 2 amide bonds. The van der Waals surface area contributed by atoms with Crippen LogP contribution in [-0.2, 0) is 19.1 Å². The number of carbonyl (C=O) groups is 3. The molecule has 3 N–H and O–H groups in total. The first-order valence-corrected chi connectivity index (χ1v) is 11.2. The maximum absolute atomic E-state index is 12.5. The van der Waals surface area contributed by atoms with E-state index in [0.717, 1.165) is 0 Å². The van der Waals surface area contributed by atoms with E-state index in [-0.39, 0.29) is 12.0 Å². The molecule has 0 saturated heterocycles. The van der Waals surface area contributed by atoms with E-state index in [1.54, 1.807) is 24.4 Å². The smallest absolute Gasteiger partial charge is 0.313 e. The number of hydrogen-bond donors (Lipinski definition) is 3. The fourth-order valence-electron chi connectivity index (χ4n) is 3.89. The molecule has 0 radical (unpaired) electrons. The van der Waals surface area contributed by atoms with Gasteiger partial charge in [0.05, 0.1) is 30.9 Å². The molecule has 3 rings (SSSR count). The van der Waals surface area contributed by atoms with Gasteiger partial charge in [0.2, 0.25) is 0 Å². The van der Waals surface area contributed by atoms with E-state index in [9.17, 15) is 14.4 Å². The van der Waals surface area contributed by atoms with E-state index in [0.29, 0.717) is 61.5 Å². The number of aromatic nitrogens is 1. The Labute approximate surface area is 198 Å². The van der Waals surface area contributed by atoms with Gasteiger partial charge in [0.1, 0.15) is 5.75 Å². The van der Waals surface area contributed by atoms with Crippen molar-refractivity contribution in [3.05, 3.63) is 30.8 Å². The Balaban J connectivity index is 1.47. The second-order valence-corrected chi connectivity index (χ2v) is 9.01. The highest BCUT2D eigenvalue weighted by Gasteiger charge is 2.28. The summed E-state index contributed by atoms with van der Waals surface area (Å²) in [5, 5.41) is 14.4. The van der Waals surface area contributed by atoms with Crippen molar-refractivity contribution in [1.82, 2.24) is 10.3 Å². The van der Waals surface area contributed by atoms with Gasteiger partial charge < -0.3 is 29.6 Å². The molecule has 0 atom stereocenters. The number of carboxylic acids is 1. The number of nitrogens with one attached hydrogen (secondary N) is 2. The van der Waals surface area contributed by atoms with Crippen molar-refractivity contribution < 1.29 is 33.4 Å². The van der Waals surface area contributed by atoms with Crippen molar-refractivity contribution in [3.8, 4) is 17.1 Å². The van der Waals surface area contributed by atoms with Gasteiger partial charge in [-0.05, 0) is 58.1 Å². The number of nitrogens with zero attached hydrogens (tertiary/aromatic N) is 1. The van der Waals surface area contributed by atoms with Crippen LogP contribution in [0.15, 0.2) is 35.2 Å². The van der Waals surface area contributed by atoms with E-state index in [2.05, 4.69) is 15.6 Å². The zero-order valence-corrected chi connectivity index (χ0v) is 19.6. The van der Waals surface area contributed by atoms with Crippen molar-refractivity contribution >= 4 is 23.5 Å². The van der Waals surface area contributed by atoms with Crippen LogP contribution in [0.25, 0.3) is 11.3 Å². The van der Waals surface area contributed by atoms with Crippen molar-refractivity contribution in [2.45, 2.75) is 57.6 Å². The summed E-state index contributed by atoms with van der Waals surface area (Å²) in [4.78, 5) is 39.8. The number of oxazole rings is 1. The van der Waals surface area contributed by atoms with E-state index >= 15 is 0 Å². The molecule has 184 valence electrons. The lowest BCUT2D eigenvalue weighted by molar-refractivity contribution is -0.143. The van der Waals surface area contributed by atoms with Crippen molar-refractivity contribution in [3.63, 3.8) is 0 Å². The van der Waals surface area contributed by atoms with E-state index in [1.165, 1.54) is 13.5 Å². The fraction of sp³-hybridized carbons (Fsp3) is 0.500. The third kappa shape index (κ3) is 6.80. The summed E-state index contributed by atoms with van der Waals surface area (Å²) in [5.74, 6) is -1.60. The lowest BCUT2D eigenvalue weighted by atomic mass is 9.87. The number of amides is 2. The Kier molecular flexibility index (Phi) is 8.27. The number of methoxy groups -OCH3 is 1. The van der Waals surface area contributed by atoms with Gasteiger partial charge in [0.15, 0.2) is 12.2 Å². The molecule has 1 aliphatic carbocycles. The maximum Gasteiger partial charge on any atom is 0.313 e. The number of carboxylic acid groups (broad SMARTS) is 1. The quantitative estimate of drug-likeness (QED) is 0.472. The average Bonchev–Trinajstić information content (AvgIpc) is 3.33. The minimum absolute atomic E-state index is 0.0281. The molecule has 1 heterocycles. The third-order valence-electron chi connectivity index (χ3n) is 5.92. The van der Waals surface area contributed by atoms with Crippen LogP contribution < -0.4 is 15.4 Å². The molecule has 2 aromatic rings. The number of carbonyl (C=O) groups excluding carboxylic acids is 2. The van der Waals surface area contributed by atoms with Gasteiger partial charge in [-0.15, -0.1) is 0 Å². The first-order valence-electron chi connectivity index (χ1n) is 11.2. The van der Waals surface area contributed by atoms with Gasteiger partial charge in [0, 0.05) is 23.9 Å². The second-order valence-electron chi connectivity index (χ2n) is 9.01. The molecule has 0 aliphatic heterocycles. The molecule has 1 saturated carbocycles. The predicted octanol–water partition coefficient (Wildman–Crippen LogP) is 3.23. The van der Waals surface area contributed by atoms with E-state index in [1.807, 2.05) is 13.8 Å². The monoisotopic (exact) mass is 473 g/mol. The number of hydrogen-bond acceptors (Lipinski definition) is 7. The molecule has 34 heavy (non-hydrogen) atoms. The number of aliphatic carboxylic acids is 1. The largest absolute Gasteiger partial charge is 0.496 e. The molecule has 0 bridgehead atoms. The molecular formula is C24H31N3O7. The Bertz CT molecular complexity index is 996. The third-order valence-corrected chi connectivity index (χ3v) is 5.92. The minimum atomic E-state index is -0.796. The zero-order valence-electron chi connectivity index (χ0n) is 19.6. The predicted molar refractivity (Wildman–Crippen MR) is 123 cm³/mol. The molecule has 1 aromatic heterocycles. The van der Waals surface area contributed by atoms with Gasteiger partial charge in [0.25, 0.3) is 0 Å². The topological polar surface area (TPSA) is 140 Å². The number of anilines is 1. The summed E-state index contributed by atoms with van der Waals surface area (Å²) in [5.41, 5.74) is 0.402. The number of ether oxygens (including phenoxy) is 2. The van der Waals surface area contributed by atoms with Crippen LogP contribution >= 0.6 is 0 Å². The molecule has 10 heteroatoms. The van der Waals surface area contributed by atoms with Crippen LogP contribution in [0.2, 0.25) is 0 Å². The molecule has 1 aromatic carbocycles. The Hall–Kier alpha value is -3.40. The average molecular weight is 474 g/mol. The minimum Gasteiger partial charge on any atom is -0.496 e. The number of benzene rings is 1. The molecule has 10 nitrogen and oxygen atoms in total. The van der Waals surface area contributed by atoms with Crippen LogP contribution in [0.1, 0.15) is 46.0 Å². The standard InChI is InChI=1S/C24H31N3O7/c1-24(2,10-11-33-17-7-4-15(5-8-17)23(30)31)27-22(29)21(28)26-16-6-9-18(19(12-16)32-3)20-13-25-14-34-20/h6,9,12-15,17H,4-5,7-8,10-11H2,1-3H3,(H,26,28)(H,27,29)(H,30,31). The molecular weight excluding hydrogens is 442 g/mol. The number of rotatable bonds is 9. The van der Waals surface area contributed by atoms with Gasteiger partial charge in [-0.25, -0.2) is 4.98 Å². The highest BCUT2D eigenvalue weighted by Crippen LogP contribution is 2.32. The molecule has 1 fully saturated rings. The summed E-state index contributed by atoms with van der Waals surface area (Å²) in [7, 11) is 1.50. The van der Waals surface area contributed by atoms with E-state index < -0.39 is 23.3 Å². The molecule has 0 unspecified atom stereocenters. The Morgan fingerprint density at radius 3 is 2.53 bits per heavy atom. The first kappa shape index (κ1) is 25.2. The van der Waals surface area contributed by atoms with Gasteiger partial charge >= 0.3 is 17.8 Å². The van der Waals surface area contributed by atoms with Gasteiger partial charge in [-0.2, -0.15) is 0 Å². The van der Waals surface area contributed by atoms with Crippen LogP contribution in [0, 0.1) is 5.92 Å². The SMILES string of the molecule is COc1cc(NC(=O)C(=O)NC(C)(C)CCOC2CCC(C(=O)O)CC2)ccc1-c1cnco1. The lowest BCUT2D eigenvalue weighted by Crippen LogP contribution is -2.48. The van der Waals surface area contributed by atoms with Crippen LogP contribution in [0.4, 0.5) is 5.69 Å². The van der Waals surface area contributed by atoms with Gasteiger partial charge in [-0.3, -0.25) is 14.4 Å². The van der Waals surface area contributed by atoms with E-state index in [4.69, 9.17) is 19.0 Å². The molecule has 0 spiro atoms. The van der Waals surface area contributed by atoms with Crippen LogP contribution in [0.3, 0.4) is 0 Å². The van der Waals surface area contributed by atoms with Gasteiger partial charge in [-0.1, -0.05) is 0 Å². The van der Waals surface area contributed by atoms with Crippen LogP contribution in [0.5, 0.6) is 5.75 Å². The van der Waals surface area contributed by atoms with Crippen LogP contribution in [-0.4, -0.2) is 53.2 Å². The zero-order chi connectivity index (χ0) is 24.7. The van der Waals surface area contributed by atoms with Crippen molar-refractivity contribution in [1.29, 1.82) is 0 Å². The fourth-order valence-corrected chi connectivity index (χ4v) is 3.89. The Morgan fingerprint density at radius 2 is 1.91 bits per heavy atom.